The van der Waals surface area contributed by atoms with Crippen LogP contribution in [0.25, 0.3) is 0 Å². The zero-order valence-electron chi connectivity index (χ0n) is 24.8. The average Bonchev–Trinajstić information content (AvgIpc) is 2.72. The smallest absolute Gasteiger partial charge is 0.0623 e. The summed E-state index contributed by atoms with van der Waals surface area (Å²) in [5.41, 5.74) is 10.1. The first-order chi connectivity index (χ1) is 16.3. The zero-order valence-corrected chi connectivity index (χ0v) is 24.8. The maximum atomic E-state index is 3.74. The summed E-state index contributed by atoms with van der Waals surface area (Å²) in [5.74, 6) is 0. The molecule has 0 aromatic heterocycles. The fourth-order valence-corrected chi connectivity index (χ4v) is 4.14. The van der Waals surface area contributed by atoms with E-state index in [2.05, 4.69) is 154 Å². The summed E-state index contributed by atoms with van der Waals surface area (Å²) in [6, 6.07) is 22.4. The molecule has 3 aromatic rings. The van der Waals surface area contributed by atoms with E-state index in [1.54, 1.807) is 0 Å². The second-order valence-electron chi connectivity index (χ2n) is 14.4. The Morgan fingerprint density at radius 1 is 0.389 bits per heavy atom. The lowest BCUT2D eigenvalue weighted by atomic mass is 9.80. The lowest BCUT2D eigenvalue weighted by Crippen LogP contribution is -2.17. The highest BCUT2D eigenvalue weighted by atomic mass is 15.0. The molecule has 0 aliphatic carbocycles. The van der Waals surface area contributed by atoms with Crippen LogP contribution in [0.2, 0.25) is 0 Å². The van der Waals surface area contributed by atoms with Crippen molar-refractivity contribution < 1.29 is 0 Å². The Balaban J connectivity index is 2.04. The van der Waals surface area contributed by atoms with E-state index in [0.717, 1.165) is 22.7 Å². The summed E-state index contributed by atoms with van der Waals surface area (Å²) >= 11 is 0. The van der Waals surface area contributed by atoms with Gasteiger partial charge in [-0.05, 0) is 80.3 Å². The van der Waals surface area contributed by atoms with Crippen molar-refractivity contribution in [3.05, 3.63) is 82.9 Å². The van der Waals surface area contributed by atoms with E-state index in [4.69, 9.17) is 0 Å². The molecule has 2 N–H and O–H groups in total. The first kappa shape index (κ1) is 27.8. The van der Waals surface area contributed by atoms with E-state index in [1.807, 2.05) is 0 Å². The molecule has 0 radical (unpaired) electrons. The minimum absolute atomic E-state index is 0.0756. The van der Waals surface area contributed by atoms with Gasteiger partial charge in [-0.2, -0.15) is 0 Å². The molecule has 0 aliphatic heterocycles. The van der Waals surface area contributed by atoms with Gasteiger partial charge in [-0.1, -0.05) is 107 Å². The largest absolute Gasteiger partial charge is 0.354 e. The lowest BCUT2D eigenvalue weighted by Gasteiger charge is -2.27. The molecule has 0 spiro atoms. The molecule has 0 bridgehead atoms. The minimum Gasteiger partial charge on any atom is -0.354 e. The van der Waals surface area contributed by atoms with Crippen molar-refractivity contribution in [3.63, 3.8) is 0 Å². The summed E-state index contributed by atoms with van der Waals surface area (Å²) in [6.45, 7) is 27.4. The molecule has 3 aromatic carbocycles. The van der Waals surface area contributed by atoms with Gasteiger partial charge in [-0.25, -0.2) is 0 Å². The Hall–Kier alpha value is -2.74. The normalized spacial score (nSPS) is 13.0. The fraction of sp³-hybridized carbons (Fsp3) is 0.471. The molecular weight excluding hydrogens is 436 g/mol. The number of nitrogens with one attached hydrogen (secondary N) is 2. The number of rotatable bonds is 4. The molecule has 0 amide bonds. The Kier molecular flexibility index (Phi) is 7.44. The number of hydrogen-bond donors (Lipinski definition) is 2. The van der Waals surface area contributed by atoms with Gasteiger partial charge in [-0.15, -0.1) is 0 Å². The molecule has 0 fully saturated rings. The quantitative estimate of drug-likeness (QED) is 0.385. The van der Waals surface area contributed by atoms with Crippen LogP contribution in [0.4, 0.5) is 22.7 Å². The van der Waals surface area contributed by atoms with Crippen LogP contribution < -0.4 is 10.6 Å². The van der Waals surface area contributed by atoms with Crippen molar-refractivity contribution >= 4 is 22.7 Å². The van der Waals surface area contributed by atoms with Gasteiger partial charge in [0.2, 0.25) is 0 Å². The first-order valence-corrected chi connectivity index (χ1v) is 13.3. The number of benzene rings is 3. The second-order valence-corrected chi connectivity index (χ2v) is 14.4. The van der Waals surface area contributed by atoms with E-state index in [1.165, 1.54) is 22.3 Å². The van der Waals surface area contributed by atoms with E-state index in [-0.39, 0.29) is 21.7 Å². The standard InChI is InChI=1S/C34H48N2/c1-31(2,3)23-17-24(32(4,5)6)20-27(19-23)35-29-15-13-14-16-30(29)36-28-21-25(33(7,8)9)18-26(22-28)34(10,11)12/h13-22,35-36H,1-12H3. The molecule has 3 rings (SSSR count). The van der Waals surface area contributed by atoms with Gasteiger partial charge >= 0.3 is 0 Å². The molecule has 0 saturated heterocycles. The molecule has 36 heavy (non-hydrogen) atoms. The Morgan fingerprint density at radius 2 is 0.639 bits per heavy atom. The van der Waals surface area contributed by atoms with Crippen LogP contribution in [-0.4, -0.2) is 0 Å². The third kappa shape index (κ3) is 6.93. The van der Waals surface area contributed by atoms with Crippen LogP contribution in [0.15, 0.2) is 60.7 Å². The fourth-order valence-electron chi connectivity index (χ4n) is 4.14. The lowest BCUT2D eigenvalue weighted by molar-refractivity contribution is 0.568. The molecular formula is C34H48N2. The molecule has 0 saturated carbocycles. The van der Waals surface area contributed by atoms with Gasteiger partial charge in [0.1, 0.15) is 0 Å². The predicted octanol–water partition coefficient (Wildman–Crippen LogP) is 10.4. The van der Waals surface area contributed by atoms with Crippen LogP contribution in [0, 0.1) is 0 Å². The van der Waals surface area contributed by atoms with Gasteiger partial charge < -0.3 is 10.6 Å². The topological polar surface area (TPSA) is 24.1 Å². The highest BCUT2D eigenvalue weighted by Gasteiger charge is 2.22. The molecule has 0 unspecified atom stereocenters. The van der Waals surface area contributed by atoms with Crippen LogP contribution in [0.1, 0.15) is 105 Å². The third-order valence-corrected chi connectivity index (χ3v) is 6.82. The maximum absolute atomic E-state index is 3.74. The van der Waals surface area contributed by atoms with Crippen molar-refractivity contribution in [2.75, 3.05) is 10.6 Å². The molecule has 0 heterocycles. The predicted molar refractivity (Wildman–Crippen MR) is 161 cm³/mol. The Labute approximate surface area is 220 Å². The van der Waals surface area contributed by atoms with Crippen LogP contribution in [-0.2, 0) is 21.7 Å². The monoisotopic (exact) mass is 484 g/mol. The van der Waals surface area contributed by atoms with Gasteiger partial charge in [-0.3, -0.25) is 0 Å². The molecule has 2 heteroatoms. The summed E-state index contributed by atoms with van der Waals surface area (Å²) in [4.78, 5) is 0. The highest BCUT2D eigenvalue weighted by molar-refractivity contribution is 5.79. The van der Waals surface area contributed by atoms with Crippen LogP contribution in [0.5, 0.6) is 0 Å². The maximum Gasteiger partial charge on any atom is 0.0623 e. The third-order valence-electron chi connectivity index (χ3n) is 6.82. The summed E-state index contributed by atoms with van der Waals surface area (Å²) in [7, 11) is 0. The SMILES string of the molecule is CC(C)(C)c1cc(Nc2ccccc2Nc2cc(C(C)(C)C)cc(C(C)(C)C)c2)cc(C(C)(C)C)c1. The van der Waals surface area contributed by atoms with Gasteiger partial charge in [0.25, 0.3) is 0 Å². The van der Waals surface area contributed by atoms with Crippen LogP contribution >= 0.6 is 0 Å². The second kappa shape index (κ2) is 9.61. The van der Waals surface area contributed by atoms with E-state index in [0.29, 0.717) is 0 Å². The van der Waals surface area contributed by atoms with Gasteiger partial charge in [0.05, 0.1) is 11.4 Å². The van der Waals surface area contributed by atoms with Crippen LogP contribution in [0.3, 0.4) is 0 Å². The zero-order chi connectivity index (χ0) is 27.1. The van der Waals surface area contributed by atoms with Crippen molar-refractivity contribution in [1.82, 2.24) is 0 Å². The minimum atomic E-state index is 0.0756. The molecule has 0 atom stereocenters. The van der Waals surface area contributed by atoms with E-state index in [9.17, 15) is 0 Å². The van der Waals surface area contributed by atoms with Crippen molar-refractivity contribution in [3.8, 4) is 0 Å². The number of hydrogen-bond acceptors (Lipinski definition) is 2. The van der Waals surface area contributed by atoms with Crippen molar-refractivity contribution in [1.29, 1.82) is 0 Å². The Morgan fingerprint density at radius 3 is 0.861 bits per heavy atom. The van der Waals surface area contributed by atoms with Crippen molar-refractivity contribution in [2.24, 2.45) is 0 Å². The Bertz CT molecular complexity index is 1040. The van der Waals surface area contributed by atoms with Gasteiger partial charge in [0, 0.05) is 11.4 Å². The number of anilines is 4. The summed E-state index contributed by atoms with van der Waals surface area (Å²) in [6.07, 6.45) is 0. The van der Waals surface area contributed by atoms with Gasteiger partial charge in [0.15, 0.2) is 0 Å². The van der Waals surface area contributed by atoms with E-state index < -0.39 is 0 Å². The highest BCUT2D eigenvalue weighted by Crippen LogP contribution is 2.37. The first-order valence-electron chi connectivity index (χ1n) is 13.3. The van der Waals surface area contributed by atoms with E-state index >= 15 is 0 Å². The molecule has 0 aliphatic rings. The van der Waals surface area contributed by atoms with Crippen molar-refractivity contribution in [2.45, 2.75) is 105 Å². The summed E-state index contributed by atoms with van der Waals surface area (Å²) in [5, 5.41) is 7.49. The average molecular weight is 485 g/mol. The molecule has 194 valence electrons. The summed E-state index contributed by atoms with van der Waals surface area (Å²) < 4.78 is 0. The number of para-hydroxylation sites is 2. The molecule has 2 nitrogen and oxygen atoms in total.